The van der Waals surface area contributed by atoms with Crippen molar-refractivity contribution >= 4 is 15.8 Å². The number of nitrogens with two attached hydrogens (primary N) is 1. The first-order valence-corrected chi connectivity index (χ1v) is 9.88. The molecule has 7 heteroatoms. The van der Waals surface area contributed by atoms with E-state index in [4.69, 9.17) is 5.73 Å². The molecule has 24 heavy (non-hydrogen) atoms. The van der Waals surface area contributed by atoms with Gasteiger partial charge in [0.2, 0.25) is 10.0 Å². The number of pyridine rings is 2. The van der Waals surface area contributed by atoms with Gasteiger partial charge < -0.3 is 5.73 Å². The number of rotatable bonds is 4. The lowest BCUT2D eigenvalue weighted by Crippen LogP contribution is -2.39. The van der Waals surface area contributed by atoms with Crippen LogP contribution in [0.5, 0.6) is 0 Å². The largest absolute Gasteiger partial charge is 0.384 e. The second-order valence-corrected chi connectivity index (χ2v) is 8.34. The highest BCUT2D eigenvalue weighted by atomic mass is 32.2. The topological polar surface area (TPSA) is 89.2 Å². The summed E-state index contributed by atoms with van der Waals surface area (Å²) in [5, 5.41) is 0. The van der Waals surface area contributed by atoms with Crippen LogP contribution in [0.1, 0.15) is 18.4 Å². The molecule has 3 rings (SSSR count). The number of nitrogen functional groups attached to an aromatic ring is 1. The number of aromatic nitrogens is 2. The van der Waals surface area contributed by atoms with E-state index in [0.717, 1.165) is 36.1 Å². The van der Waals surface area contributed by atoms with Crippen LogP contribution in [0.15, 0.2) is 36.7 Å². The quantitative estimate of drug-likeness (QED) is 0.914. The van der Waals surface area contributed by atoms with Crippen molar-refractivity contribution in [2.75, 3.05) is 25.1 Å². The molecule has 0 spiro atoms. The zero-order chi connectivity index (χ0) is 17.2. The first kappa shape index (κ1) is 16.9. The molecule has 2 N–H and O–H groups in total. The minimum absolute atomic E-state index is 0.347. The Bertz CT molecular complexity index is 788. The molecule has 0 saturated carbocycles. The second kappa shape index (κ2) is 6.86. The number of anilines is 1. The van der Waals surface area contributed by atoms with Crippen molar-refractivity contribution < 1.29 is 8.42 Å². The molecule has 0 radical (unpaired) electrons. The van der Waals surface area contributed by atoms with Crippen LogP contribution in [0.25, 0.3) is 11.3 Å². The molecule has 3 heterocycles. The molecule has 2 aromatic heterocycles. The Morgan fingerprint density at radius 1 is 1.21 bits per heavy atom. The Hall–Kier alpha value is -1.99. The Labute approximate surface area is 142 Å². The lowest BCUT2D eigenvalue weighted by molar-refractivity contribution is 0.266. The van der Waals surface area contributed by atoms with Crippen LogP contribution in [-0.4, -0.2) is 42.0 Å². The highest BCUT2D eigenvalue weighted by molar-refractivity contribution is 7.88. The average molecular weight is 346 g/mol. The van der Waals surface area contributed by atoms with Crippen molar-refractivity contribution in [2.45, 2.75) is 19.3 Å². The van der Waals surface area contributed by atoms with Gasteiger partial charge in [-0.2, -0.15) is 0 Å². The van der Waals surface area contributed by atoms with Gasteiger partial charge in [0.15, 0.2) is 0 Å². The Morgan fingerprint density at radius 2 is 2.04 bits per heavy atom. The first-order valence-electron chi connectivity index (χ1n) is 8.04. The van der Waals surface area contributed by atoms with Gasteiger partial charge in [-0.1, -0.05) is 6.07 Å². The van der Waals surface area contributed by atoms with Gasteiger partial charge in [0.1, 0.15) is 5.82 Å². The molecule has 0 bridgehead atoms. The van der Waals surface area contributed by atoms with Gasteiger partial charge in [0.05, 0.1) is 11.9 Å². The van der Waals surface area contributed by atoms with Crippen LogP contribution in [0.4, 0.5) is 5.82 Å². The summed E-state index contributed by atoms with van der Waals surface area (Å²) >= 11 is 0. The summed E-state index contributed by atoms with van der Waals surface area (Å²) in [6, 6.07) is 7.68. The monoisotopic (exact) mass is 346 g/mol. The Balaban J connectivity index is 1.67. The summed E-state index contributed by atoms with van der Waals surface area (Å²) < 4.78 is 25.0. The van der Waals surface area contributed by atoms with E-state index in [9.17, 15) is 8.42 Å². The molecule has 0 amide bonds. The normalized spacial score (nSPS) is 19.3. The van der Waals surface area contributed by atoms with E-state index in [2.05, 4.69) is 16.0 Å². The molecular weight excluding hydrogens is 324 g/mol. The number of sulfonamides is 1. The second-order valence-electron chi connectivity index (χ2n) is 6.36. The predicted molar refractivity (Wildman–Crippen MR) is 94.7 cm³/mol. The van der Waals surface area contributed by atoms with Gasteiger partial charge in [-0.05, 0) is 48.9 Å². The molecular formula is C17H22N4O2S. The van der Waals surface area contributed by atoms with E-state index in [1.165, 1.54) is 6.26 Å². The molecule has 1 fully saturated rings. The first-order chi connectivity index (χ1) is 11.4. The average Bonchev–Trinajstić information content (AvgIpc) is 2.56. The smallest absolute Gasteiger partial charge is 0.211 e. The van der Waals surface area contributed by atoms with E-state index >= 15 is 0 Å². The highest BCUT2D eigenvalue weighted by Crippen LogP contribution is 2.23. The molecule has 128 valence electrons. The molecule has 6 nitrogen and oxygen atoms in total. The van der Waals surface area contributed by atoms with Gasteiger partial charge in [0, 0.05) is 31.0 Å². The number of nitrogens with zero attached hydrogens (tertiary/aromatic N) is 3. The minimum atomic E-state index is -3.10. The molecule has 1 aliphatic rings. The zero-order valence-corrected chi connectivity index (χ0v) is 14.5. The van der Waals surface area contributed by atoms with Crippen LogP contribution in [0.3, 0.4) is 0 Å². The van der Waals surface area contributed by atoms with E-state index in [-0.39, 0.29) is 0 Å². The maximum Gasteiger partial charge on any atom is 0.211 e. The van der Waals surface area contributed by atoms with E-state index in [1.54, 1.807) is 16.6 Å². The lowest BCUT2D eigenvalue weighted by atomic mass is 9.93. The fourth-order valence-electron chi connectivity index (χ4n) is 3.10. The number of hydrogen-bond acceptors (Lipinski definition) is 5. The highest BCUT2D eigenvalue weighted by Gasteiger charge is 2.25. The third kappa shape index (κ3) is 4.10. The van der Waals surface area contributed by atoms with Gasteiger partial charge in [-0.15, -0.1) is 0 Å². The third-order valence-electron chi connectivity index (χ3n) is 4.38. The standard InChI is InChI=1S/C17H22N4O2S/c1-24(22,23)21-8-2-3-14(12-21)9-13-4-6-16(19-10-13)15-5-7-17(18)20-11-15/h4-7,10-11,14H,2-3,8-9,12H2,1H3,(H2,18,20). The summed E-state index contributed by atoms with van der Waals surface area (Å²) in [6.45, 7) is 1.24. The predicted octanol–water partition coefficient (Wildman–Crippen LogP) is 1.94. The third-order valence-corrected chi connectivity index (χ3v) is 5.65. The van der Waals surface area contributed by atoms with Crippen molar-refractivity contribution in [2.24, 2.45) is 5.92 Å². The van der Waals surface area contributed by atoms with Crippen molar-refractivity contribution in [1.29, 1.82) is 0 Å². The molecule has 0 aromatic carbocycles. The van der Waals surface area contributed by atoms with Crippen molar-refractivity contribution in [3.05, 3.63) is 42.2 Å². The molecule has 1 unspecified atom stereocenters. The summed E-state index contributed by atoms with van der Waals surface area (Å²) in [6.07, 6.45) is 7.68. The van der Waals surface area contributed by atoms with E-state index in [0.29, 0.717) is 24.8 Å². The zero-order valence-electron chi connectivity index (χ0n) is 13.7. The Morgan fingerprint density at radius 3 is 2.67 bits per heavy atom. The van der Waals surface area contributed by atoms with E-state index < -0.39 is 10.0 Å². The number of piperidine rings is 1. The molecule has 1 atom stereocenters. The van der Waals surface area contributed by atoms with Crippen LogP contribution in [-0.2, 0) is 16.4 Å². The SMILES string of the molecule is CS(=O)(=O)N1CCCC(Cc2ccc(-c3ccc(N)nc3)nc2)C1. The summed E-state index contributed by atoms with van der Waals surface area (Å²) in [5.41, 5.74) is 8.51. The Kier molecular flexibility index (Phi) is 4.82. The summed E-state index contributed by atoms with van der Waals surface area (Å²) in [5.74, 6) is 0.836. The minimum Gasteiger partial charge on any atom is -0.384 e. The fourth-order valence-corrected chi connectivity index (χ4v) is 4.04. The van der Waals surface area contributed by atoms with Gasteiger partial charge in [0.25, 0.3) is 0 Å². The van der Waals surface area contributed by atoms with Crippen molar-refractivity contribution in [3.8, 4) is 11.3 Å². The maximum atomic E-state index is 11.7. The van der Waals surface area contributed by atoms with Crippen molar-refractivity contribution in [3.63, 3.8) is 0 Å². The van der Waals surface area contributed by atoms with Crippen LogP contribution < -0.4 is 5.73 Å². The lowest BCUT2D eigenvalue weighted by Gasteiger charge is -2.30. The van der Waals surface area contributed by atoms with Gasteiger partial charge in [-0.3, -0.25) is 4.98 Å². The molecule has 2 aromatic rings. The number of hydrogen-bond donors (Lipinski definition) is 1. The summed E-state index contributed by atoms with van der Waals surface area (Å²) in [7, 11) is -3.10. The maximum absolute atomic E-state index is 11.7. The molecule has 1 saturated heterocycles. The van der Waals surface area contributed by atoms with Crippen LogP contribution >= 0.6 is 0 Å². The van der Waals surface area contributed by atoms with E-state index in [1.807, 2.05) is 18.3 Å². The molecule has 0 aliphatic carbocycles. The fraction of sp³-hybridized carbons (Fsp3) is 0.412. The van der Waals surface area contributed by atoms with Crippen LogP contribution in [0.2, 0.25) is 0 Å². The van der Waals surface area contributed by atoms with Crippen molar-refractivity contribution in [1.82, 2.24) is 14.3 Å². The summed E-state index contributed by atoms with van der Waals surface area (Å²) in [4.78, 5) is 8.58. The van der Waals surface area contributed by atoms with Crippen LogP contribution in [0, 0.1) is 5.92 Å². The van der Waals surface area contributed by atoms with Gasteiger partial charge in [-0.25, -0.2) is 17.7 Å². The molecule has 1 aliphatic heterocycles. The van der Waals surface area contributed by atoms with Gasteiger partial charge >= 0.3 is 0 Å².